The van der Waals surface area contributed by atoms with Gasteiger partial charge in [-0.2, -0.15) is 0 Å². The second-order valence-corrected chi connectivity index (χ2v) is 7.61. The molecule has 1 saturated heterocycles. The van der Waals surface area contributed by atoms with Gasteiger partial charge in [0.25, 0.3) is 0 Å². The third-order valence-electron chi connectivity index (χ3n) is 4.53. The topological polar surface area (TPSA) is 84.9 Å². The summed E-state index contributed by atoms with van der Waals surface area (Å²) in [6, 6.07) is 14.9. The number of ether oxygens (including phenoxy) is 2. The van der Waals surface area contributed by atoms with Crippen molar-refractivity contribution < 1.29 is 23.9 Å². The lowest BCUT2D eigenvalue weighted by atomic mass is 10.2. The smallest absolute Gasteiger partial charge is 0.338 e. The number of hydrogen-bond acceptors (Lipinski definition) is 6. The zero-order valence-electron chi connectivity index (χ0n) is 16.9. The van der Waals surface area contributed by atoms with E-state index in [1.807, 2.05) is 30.3 Å². The number of nitrogens with one attached hydrogen (secondary N) is 1. The van der Waals surface area contributed by atoms with Crippen molar-refractivity contribution in [3.8, 4) is 0 Å². The predicted molar refractivity (Wildman–Crippen MR) is 115 cm³/mol. The van der Waals surface area contributed by atoms with Crippen LogP contribution in [0.5, 0.6) is 0 Å². The molecule has 0 aliphatic carbocycles. The molecule has 2 aromatic carbocycles. The molecule has 0 bridgehead atoms. The summed E-state index contributed by atoms with van der Waals surface area (Å²) in [5, 5.41) is 2.52. The summed E-state index contributed by atoms with van der Waals surface area (Å²) in [7, 11) is 0. The highest BCUT2D eigenvalue weighted by Gasteiger charge is 2.43. The van der Waals surface area contributed by atoms with Crippen molar-refractivity contribution in [2.24, 2.45) is 0 Å². The molecule has 0 radical (unpaired) electrons. The standard InChI is InChI=1S/C22H24N2O5S/c1-3-28-20(25)16-10-12-17(13-11-16)23-22(27)24-18(21(26)29-4-2)14-30-19(24)15-8-6-5-7-9-15/h5-13,18-19H,3-4,14H2,1-2H3,(H,23,27). The highest BCUT2D eigenvalue weighted by Crippen LogP contribution is 2.42. The molecule has 30 heavy (non-hydrogen) atoms. The Morgan fingerprint density at radius 2 is 1.67 bits per heavy atom. The lowest BCUT2D eigenvalue weighted by Gasteiger charge is -2.28. The van der Waals surface area contributed by atoms with Gasteiger partial charge in [-0.25, -0.2) is 14.4 Å². The van der Waals surface area contributed by atoms with Crippen molar-refractivity contribution in [2.45, 2.75) is 25.3 Å². The Morgan fingerprint density at radius 1 is 1.00 bits per heavy atom. The number of nitrogens with zero attached hydrogens (tertiary/aromatic N) is 1. The van der Waals surface area contributed by atoms with Crippen LogP contribution in [0.25, 0.3) is 0 Å². The van der Waals surface area contributed by atoms with Gasteiger partial charge in [-0.05, 0) is 43.7 Å². The Morgan fingerprint density at radius 3 is 2.30 bits per heavy atom. The van der Waals surface area contributed by atoms with Crippen LogP contribution in [0.1, 0.15) is 35.1 Å². The van der Waals surface area contributed by atoms with Crippen molar-refractivity contribution in [2.75, 3.05) is 24.3 Å². The highest BCUT2D eigenvalue weighted by molar-refractivity contribution is 7.99. The number of amides is 2. The monoisotopic (exact) mass is 428 g/mol. The van der Waals surface area contributed by atoms with Crippen LogP contribution < -0.4 is 5.32 Å². The largest absolute Gasteiger partial charge is 0.464 e. The van der Waals surface area contributed by atoms with E-state index in [-0.39, 0.29) is 12.0 Å². The molecule has 2 aromatic rings. The van der Waals surface area contributed by atoms with Crippen molar-refractivity contribution in [3.05, 3.63) is 65.7 Å². The molecule has 1 aliphatic heterocycles. The van der Waals surface area contributed by atoms with Crippen LogP contribution in [-0.4, -0.2) is 47.9 Å². The Hall–Kier alpha value is -3.00. The SMILES string of the molecule is CCOC(=O)c1ccc(NC(=O)N2C(C(=O)OCC)CSC2c2ccccc2)cc1. The lowest BCUT2D eigenvalue weighted by Crippen LogP contribution is -2.45. The summed E-state index contributed by atoms with van der Waals surface area (Å²) < 4.78 is 10.1. The summed E-state index contributed by atoms with van der Waals surface area (Å²) in [5.41, 5.74) is 1.85. The van der Waals surface area contributed by atoms with E-state index in [4.69, 9.17) is 9.47 Å². The van der Waals surface area contributed by atoms with Crippen LogP contribution in [0, 0.1) is 0 Å². The summed E-state index contributed by atoms with van der Waals surface area (Å²) in [5.74, 6) is -0.387. The first-order valence-corrected chi connectivity index (χ1v) is 10.8. The van der Waals surface area contributed by atoms with E-state index < -0.39 is 24.0 Å². The van der Waals surface area contributed by atoms with Crippen LogP contribution >= 0.6 is 11.8 Å². The third-order valence-corrected chi connectivity index (χ3v) is 5.85. The number of esters is 2. The number of carbonyl (C=O) groups excluding carboxylic acids is 3. The Kier molecular flexibility index (Phi) is 7.35. The van der Waals surface area contributed by atoms with Crippen molar-refractivity contribution in [1.29, 1.82) is 0 Å². The fourth-order valence-corrected chi connectivity index (χ4v) is 4.56. The number of rotatable bonds is 6. The molecule has 2 atom stereocenters. The number of benzene rings is 2. The van der Waals surface area contributed by atoms with E-state index in [0.717, 1.165) is 5.56 Å². The fraction of sp³-hybridized carbons (Fsp3) is 0.318. The summed E-state index contributed by atoms with van der Waals surface area (Å²) in [6.07, 6.45) is 0. The predicted octanol–water partition coefficient (Wildman–Crippen LogP) is 4.07. The molecular formula is C22H24N2O5S. The second kappa shape index (κ2) is 10.2. The van der Waals surface area contributed by atoms with Gasteiger partial charge in [-0.3, -0.25) is 4.90 Å². The van der Waals surface area contributed by atoms with Gasteiger partial charge in [0.1, 0.15) is 11.4 Å². The molecule has 3 rings (SSSR count). The van der Waals surface area contributed by atoms with E-state index in [2.05, 4.69) is 5.32 Å². The molecule has 1 heterocycles. The number of hydrogen-bond donors (Lipinski definition) is 1. The zero-order valence-corrected chi connectivity index (χ0v) is 17.7. The minimum absolute atomic E-state index is 0.251. The van der Waals surface area contributed by atoms with Crippen molar-refractivity contribution in [3.63, 3.8) is 0 Å². The van der Waals surface area contributed by atoms with Gasteiger partial charge < -0.3 is 14.8 Å². The quantitative estimate of drug-likeness (QED) is 0.698. The van der Waals surface area contributed by atoms with E-state index in [9.17, 15) is 14.4 Å². The van der Waals surface area contributed by atoms with Gasteiger partial charge in [-0.1, -0.05) is 30.3 Å². The van der Waals surface area contributed by atoms with Gasteiger partial charge >= 0.3 is 18.0 Å². The third kappa shape index (κ3) is 4.94. The highest BCUT2D eigenvalue weighted by atomic mass is 32.2. The maximum atomic E-state index is 13.1. The summed E-state index contributed by atoms with van der Waals surface area (Å²) >= 11 is 1.52. The average Bonchev–Trinajstić information content (AvgIpc) is 3.21. The summed E-state index contributed by atoms with van der Waals surface area (Å²) in [4.78, 5) is 38.9. The van der Waals surface area contributed by atoms with Gasteiger partial charge in [0.15, 0.2) is 0 Å². The lowest BCUT2D eigenvalue weighted by molar-refractivity contribution is -0.147. The molecule has 2 unspecified atom stereocenters. The van der Waals surface area contributed by atoms with Gasteiger partial charge in [0.2, 0.25) is 0 Å². The van der Waals surface area contributed by atoms with Crippen LogP contribution in [0.15, 0.2) is 54.6 Å². The molecule has 8 heteroatoms. The first-order chi connectivity index (χ1) is 14.5. The fourth-order valence-electron chi connectivity index (χ4n) is 3.14. The molecule has 1 fully saturated rings. The molecule has 2 amide bonds. The van der Waals surface area contributed by atoms with E-state index in [1.165, 1.54) is 16.7 Å². The first kappa shape index (κ1) is 21.7. The van der Waals surface area contributed by atoms with E-state index in [0.29, 0.717) is 23.6 Å². The number of urea groups is 1. The van der Waals surface area contributed by atoms with Crippen LogP contribution in [0.3, 0.4) is 0 Å². The van der Waals surface area contributed by atoms with Crippen molar-refractivity contribution in [1.82, 2.24) is 4.90 Å². The molecule has 0 aromatic heterocycles. The summed E-state index contributed by atoms with van der Waals surface area (Å²) in [6.45, 7) is 4.02. The maximum absolute atomic E-state index is 13.1. The second-order valence-electron chi connectivity index (χ2n) is 6.50. The van der Waals surface area contributed by atoms with Crippen LogP contribution in [0.2, 0.25) is 0 Å². The molecule has 0 saturated carbocycles. The van der Waals surface area contributed by atoms with Crippen LogP contribution in [-0.2, 0) is 14.3 Å². The Balaban J connectivity index is 1.80. The Bertz CT molecular complexity index is 888. The number of anilines is 1. The molecular weight excluding hydrogens is 404 g/mol. The normalized spacial score (nSPS) is 18.0. The zero-order chi connectivity index (χ0) is 21.5. The minimum Gasteiger partial charge on any atom is -0.464 e. The molecule has 158 valence electrons. The van der Waals surface area contributed by atoms with Gasteiger partial charge in [0.05, 0.1) is 18.8 Å². The maximum Gasteiger partial charge on any atom is 0.338 e. The van der Waals surface area contributed by atoms with Gasteiger partial charge in [0, 0.05) is 11.4 Å². The van der Waals surface area contributed by atoms with Crippen molar-refractivity contribution >= 4 is 35.4 Å². The molecule has 7 nitrogen and oxygen atoms in total. The first-order valence-electron chi connectivity index (χ1n) is 9.74. The number of carbonyl (C=O) groups is 3. The van der Waals surface area contributed by atoms with Gasteiger partial charge in [-0.15, -0.1) is 11.8 Å². The van der Waals surface area contributed by atoms with Crippen LogP contribution in [0.4, 0.5) is 10.5 Å². The average molecular weight is 429 g/mol. The number of thioether (sulfide) groups is 1. The minimum atomic E-state index is -0.682. The Labute approximate surface area is 179 Å². The van der Waals surface area contributed by atoms with E-state index >= 15 is 0 Å². The molecule has 0 spiro atoms. The molecule has 1 N–H and O–H groups in total. The molecule has 1 aliphatic rings. The van der Waals surface area contributed by atoms with E-state index in [1.54, 1.807) is 38.1 Å².